The van der Waals surface area contributed by atoms with E-state index in [2.05, 4.69) is 0 Å². The van der Waals surface area contributed by atoms with Gasteiger partial charge in [-0.1, -0.05) is 41.9 Å². The van der Waals surface area contributed by atoms with Gasteiger partial charge in [-0.2, -0.15) is 4.31 Å². The van der Waals surface area contributed by atoms with Crippen molar-refractivity contribution in [2.24, 2.45) is 11.7 Å². The van der Waals surface area contributed by atoms with Crippen molar-refractivity contribution < 1.29 is 13.3 Å². The third kappa shape index (κ3) is 3.45. The highest BCUT2D eigenvalue weighted by Crippen LogP contribution is 2.37. The molecule has 0 saturated carbocycles. The van der Waals surface area contributed by atoms with E-state index in [1.54, 1.807) is 0 Å². The minimum atomic E-state index is -3.87. The zero-order valence-electron chi connectivity index (χ0n) is 13.8. The van der Waals surface area contributed by atoms with Crippen LogP contribution in [0.1, 0.15) is 11.5 Å². The molecule has 0 aromatic heterocycles. The minimum absolute atomic E-state index is 0.00667. The van der Waals surface area contributed by atoms with Gasteiger partial charge in [-0.25, -0.2) is 8.42 Å². The van der Waals surface area contributed by atoms with Crippen molar-refractivity contribution in [1.29, 1.82) is 0 Å². The van der Waals surface area contributed by atoms with E-state index >= 15 is 0 Å². The first-order chi connectivity index (χ1) is 12.3. The normalized spacial score (nSPS) is 21.0. The van der Waals surface area contributed by atoms with E-state index in [-0.39, 0.29) is 34.0 Å². The molecule has 1 saturated heterocycles. The lowest BCUT2D eigenvalue weighted by molar-refractivity contribution is -0.384. The molecule has 138 valence electrons. The summed E-state index contributed by atoms with van der Waals surface area (Å²) in [4.78, 5) is 10.1. The maximum Gasteiger partial charge on any atom is 0.271 e. The molecule has 7 nitrogen and oxygen atoms in total. The second-order valence-electron chi connectivity index (χ2n) is 6.21. The molecule has 2 aromatic carbocycles. The quantitative estimate of drug-likeness (QED) is 0.618. The van der Waals surface area contributed by atoms with Crippen molar-refractivity contribution >= 4 is 27.3 Å². The van der Waals surface area contributed by atoms with Gasteiger partial charge in [0.1, 0.15) is 4.90 Å². The summed E-state index contributed by atoms with van der Waals surface area (Å²) in [6.07, 6.45) is 0. The smallest absolute Gasteiger partial charge is 0.271 e. The lowest BCUT2D eigenvalue weighted by atomic mass is 9.89. The second-order valence-corrected chi connectivity index (χ2v) is 8.52. The van der Waals surface area contributed by atoms with Crippen LogP contribution in [-0.4, -0.2) is 37.3 Å². The Morgan fingerprint density at radius 1 is 1.19 bits per heavy atom. The largest absolute Gasteiger partial charge is 0.330 e. The summed E-state index contributed by atoms with van der Waals surface area (Å²) >= 11 is 6.03. The summed E-state index contributed by atoms with van der Waals surface area (Å²) in [6, 6.07) is 13.0. The third-order valence-corrected chi connectivity index (χ3v) is 7.00. The van der Waals surface area contributed by atoms with Gasteiger partial charge in [0.2, 0.25) is 10.0 Å². The molecule has 0 bridgehead atoms. The zero-order chi connectivity index (χ0) is 18.9. The summed E-state index contributed by atoms with van der Waals surface area (Å²) in [5.41, 5.74) is 6.65. The molecule has 0 aliphatic carbocycles. The van der Waals surface area contributed by atoms with Gasteiger partial charge in [-0.15, -0.1) is 0 Å². The Kier molecular flexibility index (Phi) is 5.29. The minimum Gasteiger partial charge on any atom is -0.330 e. The monoisotopic (exact) mass is 395 g/mol. The molecule has 0 spiro atoms. The molecule has 1 aliphatic rings. The summed E-state index contributed by atoms with van der Waals surface area (Å²) in [5.74, 6) is -0.0169. The maximum atomic E-state index is 13.0. The topological polar surface area (TPSA) is 107 Å². The van der Waals surface area contributed by atoms with Crippen molar-refractivity contribution in [2.75, 3.05) is 19.6 Å². The van der Waals surface area contributed by atoms with Gasteiger partial charge in [0.15, 0.2) is 0 Å². The van der Waals surface area contributed by atoms with Crippen LogP contribution < -0.4 is 5.73 Å². The molecule has 9 heteroatoms. The fourth-order valence-electron chi connectivity index (χ4n) is 3.30. The Morgan fingerprint density at radius 2 is 1.88 bits per heavy atom. The van der Waals surface area contributed by atoms with Crippen molar-refractivity contribution in [3.05, 3.63) is 69.2 Å². The van der Waals surface area contributed by atoms with Crippen LogP contribution >= 0.6 is 11.6 Å². The number of halogens is 1. The van der Waals surface area contributed by atoms with E-state index < -0.39 is 14.9 Å². The Morgan fingerprint density at radius 3 is 2.46 bits per heavy atom. The van der Waals surface area contributed by atoms with E-state index in [9.17, 15) is 18.5 Å². The maximum absolute atomic E-state index is 13.0. The molecule has 2 aromatic rings. The number of nitrogens with two attached hydrogens (primary N) is 1. The number of non-ortho nitro benzene ring substituents is 1. The van der Waals surface area contributed by atoms with E-state index in [0.29, 0.717) is 13.1 Å². The van der Waals surface area contributed by atoms with E-state index in [1.807, 2.05) is 30.3 Å². The summed E-state index contributed by atoms with van der Waals surface area (Å²) in [7, 11) is -3.87. The predicted molar refractivity (Wildman–Crippen MR) is 98.6 cm³/mol. The van der Waals surface area contributed by atoms with Gasteiger partial charge in [-0.05, 0) is 24.1 Å². The van der Waals surface area contributed by atoms with Crippen LogP contribution in [0.25, 0.3) is 0 Å². The van der Waals surface area contributed by atoms with Crippen molar-refractivity contribution in [3.8, 4) is 0 Å². The molecule has 0 amide bonds. The zero-order valence-corrected chi connectivity index (χ0v) is 15.4. The van der Waals surface area contributed by atoms with Gasteiger partial charge >= 0.3 is 0 Å². The Balaban J connectivity index is 1.92. The van der Waals surface area contributed by atoms with Crippen molar-refractivity contribution in [1.82, 2.24) is 4.31 Å². The highest BCUT2D eigenvalue weighted by molar-refractivity contribution is 7.89. The van der Waals surface area contributed by atoms with Crippen LogP contribution in [0.3, 0.4) is 0 Å². The summed E-state index contributed by atoms with van der Waals surface area (Å²) in [5, 5.41) is 10.7. The molecule has 0 unspecified atom stereocenters. The first-order valence-corrected chi connectivity index (χ1v) is 9.85. The van der Waals surface area contributed by atoms with Crippen LogP contribution in [0.2, 0.25) is 5.02 Å². The van der Waals surface area contributed by atoms with Crippen LogP contribution in [0.4, 0.5) is 5.69 Å². The number of hydrogen-bond donors (Lipinski definition) is 1. The number of nitrogens with zero attached hydrogens (tertiary/aromatic N) is 2. The molecule has 1 aliphatic heterocycles. The molecule has 2 atom stereocenters. The van der Waals surface area contributed by atoms with Gasteiger partial charge in [-0.3, -0.25) is 10.1 Å². The Bertz CT molecular complexity index is 921. The number of nitro benzene ring substituents is 1. The highest BCUT2D eigenvalue weighted by Gasteiger charge is 2.40. The van der Waals surface area contributed by atoms with E-state index in [0.717, 1.165) is 17.7 Å². The number of hydrogen-bond acceptors (Lipinski definition) is 5. The standard InChI is InChI=1S/C17H18ClN3O4S/c18-16-8-14(21(22)23)6-7-17(16)26(24,25)20-10-13(9-19)15(11-20)12-4-2-1-3-5-12/h1-8,13,15H,9-11,19H2/t13-,15+/m1/s1. The van der Waals surface area contributed by atoms with Crippen LogP contribution in [0.5, 0.6) is 0 Å². The Hall–Kier alpha value is -2.00. The average molecular weight is 396 g/mol. The fourth-order valence-corrected chi connectivity index (χ4v) is 5.33. The molecular weight excluding hydrogens is 378 g/mol. The average Bonchev–Trinajstić information content (AvgIpc) is 3.07. The van der Waals surface area contributed by atoms with Gasteiger partial charge in [0.25, 0.3) is 5.69 Å². The van der Waals surface area contributed by atoms with Gasteiger partial charge < -0.3 is 5.73 Å². The lowest BCUT2D eigenvalue weighted by Gasteiger charge is -2.17. The summed E-state index contributed by atoms with van der Waals surface area (Å²) in [6.45, 7) is 0.937. The predicted octanol–water partition coefficient (Wildman–Crippen LogP) is 2.61. The molecular formula is C17H18ClN3O4S. The number of sulfonamides is 1. The fraction of sp³-hybridized carbons (Fsp3) is 0.294. The Labute approximate surface area is 156 Å². The first kappa shape index (κ1) is 18.8. The van der Waals surface area contributed by atoms with Crippen LogP contribution in [-0.2, 0) is 10.0 Å². The van der Waals surface area contributed by atoms with Crippen LogP contribution in [0.15, 0.2) is 53.4 Å². The molecule has 2 N–H and O–H groups in total. The van der Waals surface area contributed by atoms with E-state index in [1.165, 1.54) is 10.4 Å². The van der Waals surface area contributed by atoms with Crippen molar-refractivity contribution in [3.63, 3.8) is 0 Å². The number of nitro groups is 1. The van der Waals surface area contributed by atoms with Crippen molar-refractivity contribution in [2.45, 2.75) is 10.8 Å². The first-order valence-electron chi connectivity index (χ1n) is 8.03. The molecule has 0 radical (unpaired) electrons. The second kappa shape index (κ2) is 7.32. The molecule has 1 heterocycles. The van der Waals surface area contributed by atoms with Gasteiger partial charge in [0, 0.05) is 31.1 Å². The molecule has 1 fully saturated rings. The third-order valence-electron chi connectivity index (χ3n) is 4.68. The summed E-state index contributed by atoms with van der Waals surface area (Å²) < 4.78 is 27.4. The van der Waals surface area contributed by atoms with E-state index in [4.69, 9.17) is 17.3 Å². The lowest BCUT2D eigenvalue weighted by Crippen LogP contribution is -2.30. The SMILES string of the molecule is NC[C@@H]1CN(S(=O)(=O)c2ccc([N+](=O)[O-])cc2Cl)C[C@H]1c1ccccc1. The highest BCUT2D eigenvalue weighted by atomic mass is 35.5. The number of benzene rings is 2. The van der Waals surface area contributed by atoms with Crippen LogP contribution in [0, 0.1) is 16.0 Å². The number of rotatable bonds is 5. The molecule has 26 heavy (non-hydrogen) atoms. The molecule has 3 rings (SSSR count). The van der Waals surface area contributed by atoms with Gasteiger partial charge in [0.05, 0.1) is 9.95 Å².